The number of halogens is 1. The molecule has 0 unspecified atom stereocenters. The molecule has 298 valence electrons. The summed E-state index contributed by atoms with van der Waals surface area (Å²) in [5.41, 5.74) is 0. The maximum Gasteiger partial charge on any atom is 0.326 e. The van der Waals surface area contributed by atoms with Crippen LogP contribution in [-0.4, -0.2) is 116 Å². The second-order valence-electron chi connectivity index (χ2n) is 12.7. The van der Waals surface area contributed by atoms with Crippen LogP contribution in [0.4, 0.5) is 0 Å². The normalized spacial score (nSPS) is 11.6. The number of amides is 3. The van der Waals surface area contributed by atoms with Gasteiger partial charge in [-0.3, -0.25) is 19.2 Å². The van der Waals surface area contributed by atoms with Gasteiger partial charge in [-0.2, -0.15) is 0 Å². The Morgan fingerprint density at radius 1 is 0.510 bits per heavy atom. The number of carbonyl (C=O) groups is 5. The third-order valence-corrected chi connectivity index (χ3v) is 8.75. The molecule has 3 amide bonds. The fourth-order valence-electron chi connectivity index (χ4n) is 5.19. The van der Waals surface area contributed by atoms with Crippen LogP contribution in [0, 0.1) is 0 Å². The largest absolute Gasteiger partial charge is 0.481 e. The Morgan fingerprint density at radius 2 is 0.980 bits per heavy atom. The van der Waals surface area contributed by atoms with E-state index in [4.69, 9.17) is 19.3 Å². The highest BCUT2D eigenvalue weighted by Gasteiger charge is 2.19. The van der Waals surface area contributed by atoms with E-state index in [-0.39, 0.29) is 37.4 Å². The van der Waals surface area contributed by atoms with Crippen molar-refractivity contribution in [3.63, 3.8) is 0 Å². The van der Waals surface area contributed by atoms with Crippen LogP contribution < -0.4 is 21.3 Å². The van der Waals surface area contributed by atoms with Gasteiger partial charge >= 0.3 is 11.9 Å². The SMILES string of the molecule is O=C(O)CCCCCCCCCCCCCCCCCC(=O)N[C@H](CCCNCCOCCOCC(=O)NCCOCCNC(=O)CI)C(=O)O. The van der Waals surface area contributed by atoms with Gasteiger partial charge in [0.15, 0.2) is 0 Å². The van der Waals surface area contributed by atoms with Gasteiger partial charge in [-0.05, 0) is 32.2 Å². The van der Waals surface area contributed by atoms with E-state index in [1.807, 2.05) is 22.6 Å². The van der Waals surface area contributed by atoms with Gasteiger partial charge in [0, 0.05) is 32.5 Å². The van der Waals surface area contributed by atoms with Gasteiger partial charge in [-0.25, -0.2) is 4.79 Å². The molecule has 15 heteroatoms. The summed E-state index contributed by atoms with van der Waals surface area (Å²) in [6.45, 7) is 3.73. The zero-order valence-corrected chi connectivity index (χ0v) is 33.0. The molecule has 14 nitrogen and oxygen atoms in total. The first-order valence-corrected chi connectivity index (χ1v) is 20.6. The highest BCUT2D eigenvalue weighted by molar-refractivity contribution is 14.1. The van der Waals surface area contributed by atoms with Crippen molar-refractivity contribution in [2.75, 3.05) is 70.2 Å². The molecule has 0 fully saturated rings. The number of nitrogens with one attached hydrogen (secondary N) is 4. The van der Waals surface area contributed by atoms with E-state index in [0.29, 0.717) is 76.3 Å². The second kappa shape index (κ2) is 37.7. The number of hydrogen-bond donors (Lipinski definition) is 6. The topological polar surface area (TPSA) is 202 Å². The van der Waals surface area contributed by atoms with Crippen molar-refractivity contribution < 1.29 is 48.4 Å². The Bertz CT molecular complexity index is 900. The molecule has 0 aromatic rings. The number of carboxylic acids is 2. The van der Waals surface area contributed by atoms with Crippen molar-refractivity contribution in [1.82, 2.24) is 21.3 Å². The molecule has 0 aromatic carbocycles. The van der Waals surface area contributed by atoms with Crippen LogP contribution in [0.3, 0.4) is 0 Å². The molecule has 0 saturated carbocycles. The van der Waals surface area contributed by atoms with E-state index < -0.39 is 18.0 Å². The number of ether oxygens (including phenoxy) is 3. The van der Waals surface area contributed by atoms with Crippen molar-refractivity contribution in [3.8, 4) is 0 Å². The van der Waals surface area contributed by atoms with Crippen LogP contribution in [-0.2, 0) is 38.2 Å². The first-order chi connectivity index (χ1) is 24.8. The Kier molecular flexibility index (Phi) is 36.1. The number of rotatable bonds is 39. The van der Waals surface area contributed by atoms with Crippen molar-refractivity contribution >= 4 is 52.3 Å². The molecule has 0 rings (SSSR count). The lowest BCUT2D eigenvalue weighted by molar-refractivity contribution is -0.142. The molecule has 0 aliphatic rings. The van der Waals surface area contributed by atoms with Gasteiger partial charge in [0.25, 0.3) is 0 Å². The van der Waals surface area contributed by atoms with Gasteiger partial charge in [0.05, 0.1) is 37.5 Å². The number of hydrogen-bond acceptors (Lipinski definition) is 9. The van der Waals surface area contributed by atoms with Crippen LogP contribution >= 0.6 is 22.6 Å². The Morgan fingerprint density at radius 3 is 1.51 bits per heavy atom. The monoisotopic (exact) mass is 842 g/mol. The Hall–Kier alpha value is -2.08. The molecule has 0 spiro atoms. The van der Waals surface area contributed by atoms with E-state index in [1.165, 1.54) is 57.8 Å². The van der Waals surface area contributed by atoms with Crippen LogP contribution in [0.1, 0.15) is 122 Å². The number of aliphatic carboxylic acids is 2. The maximum absolute atomic E-state index is 12.3. The van der Waals surface area contributed by atoms with Crippen LogP contribution in [0.2, 0.25) is 0 Å². The summed E-state index contributed by atoms with van der Waals surface area (Å²) >= 11 is 1.98. The Balaban J connectivity index is 3.54. The predicted octanol–water partition coefficient (Wildman–Crippen LogP) is 4.36. The van der Waals surface area contributed by atoms with Crippen molar-refractivity contribution in [3.05, 3.63) is 0 Å². The minimum absolute atomic E-state index is 0.0382. The molecule has 51 heavy (non-hydrogen) atoms. The van der Waals surface area contributed by atoms with Gasteiger partial charge in [0.2, 0.25) is 17.7 Å². The molecule has 1 atom stereocenters. The van der Waals surface area contributed by atoms with E-state index in [1.54, 1.807) is 0 Å². The third kappa shape index (κ3) is 37.5. The van der Waals surface area contributed by atoms with Gasteiger partial charge in [-0.1, -0.05) is 106 Å². The molecule has 0 radical (unpaired) electrons. The summed E-state index contributed by atoms with van der Waals surface area (Å²) in [5.74, 6) is -2.20. The summed E-state index contributed by atoms with van der Waals surface area (Å²) in [6, 6.07) is -0.888. The molecule has 0 saturated heterocycles. The van der Waals surface area contributed by atoms with E-state index >= 15 is 0 Å². The molecule has 0 aromatic heterocycles. The number of carbonyl (C=O) groups excluding carboxylic acids is 3. The lowest BCUT2D eigenvalue weighted by Gasteiger charge is -2.15. The van der Waals surface area contributed by atoms with Gasteiger partial charge in [-0.15, -0.1) is 0 Å². The number of unbranched alkanes of at least 4 members (excludes halogenated alkanes) is 14. The van der Waals surface area contributed by atoms with E-state index in [9.17, 15) is 29.1 Å². The number of alkyl halides is 1. The fourth-order valence-corrected chi connectivity index (χ4v) is 5.46. The predicted molar refractivity (Wildman–Crippen MR) is 205 cm³/mol. The first-order valence-electron chi connectivity index (χ1n) is 19.0. The van der Waals surface area contributed by atoms with Gasteiger partial charge < -0.3 is 45.7 Å². The molecular formula is C36H67IN4O10. The average Bonchev–Trinajstić information content (AvgIpc) is 3.10. The van der Waals surface area contributed by atoms with Crippen molar-refractivity contribution in [2.24, 2.45) is 0 Å². The van der Waals surface area contributed by atoms with Crippen LogP contribution in [0.15, 0.2) is 0 Å². The number of carboxylic acid groups (broad SMARTS) is 2. The van der Waals surface area contributed by atoms with Gasteiger partial charge in [0.1, 0.15) is 12.6 Å². The lowest BCUT2D eigenvalue weighted by Crippen LogP contribution is -2.41. The summed E-state index contributed by atoms with van der Waals surface area (Å²) in [4.78, 5) is 57.2. The molecule has 0 aliphatic carbocycles. The first kappa shape index (κ1) is 48.9. The molecule has 0 heterocycles. The highest BCUT2D eigenvalue weighted by Crippen LogP contribution is 2.14. The minimum atomic E-state index is -1.02. The molecule has 0 bridgehead atoms. The van der Waals surface area contributed by atoms with Crippen molar-refractivity contribution in [2.45, 2.75) is 128 Å². The van der Waals surface area contributed by atoms with Crippen molar-refractivity contribution in [1.29, 1.82) is 0 Å². The molecule has 0 aliphatic heterocycles. The molecular weight excluding hydrogens is 775 g/mol. The summed E-state index contributed by atoms with van der Waals surface area (Å²) in [7, 11) is 0. The highest BCUT2D eigenvalue weighted by atomic mass is 127. The zero-order valence-electron chi connectivity index (χ0n) is 30.8. The second-order valence-corrected chi connectivity index (χ2v) is 13.4. The van der Waals surface area contributed by atoms with E-state index in [0.717, 1.165) is 38.5 Å². The fraction of sp³-hybridized carbons (Fsp3) is 0.861. The maximum atomic E-state index is 12.3. The quantitative estimate of drug-likeness (QED) is 0.0292. The third-order valence-electron chi connectivity index (χ3n) is 8.06. The Labute approximate surface area is 319 Å². The minimum Gasteiger partial charge on any atom is -0.481 e. The van der Waals surface area contributed by atoms with Crippen LogP contribution in [0.5, 0.6) is 0 Å². The smallest absolute Gasteiger partial charge is 0.326 e. The van der Waals surface area contributed by atoms with E-state index in [2.05, 4.69) is 21.3 Å². The summed E-state index contributed by atoms with van der Waals surface area (Å²) in [5, 5.41) is 29.4. The van der Waals surface area contributed by atoms with Crippen LogP contribution in [0.25, 0.3) is 0 Å². The standard InChI is InChI=1S/C36H67IN4O10/c37-29-33(43)39-22-25-49-26-23-40-34(44)30-51-28-27-50-24-21-38-20-16-17-31(36(47)48)41-32(42)18-14-12-10-8-6-4-2-1-3-5-7-9-11-13-15-19-35(45)46/h31,38H,1-30H2,(H,39,43)(H,40,44)(H,41,42)(H,45,46)(H,47,48)/t31-/m1/s1. The zero-order chi connectivity index (χ0) is 37.6. The summed E-state index contributed by atoms with van der Waals surface area (Å²) < 4.78 is 16.5. The lowest BCUT2D eigenvalue weighted by atomic mass is 10.0. The average molecular weight is 843 g/mol. The summed E-state index contributed by atoms with van der Waals surface area (Å²) in [6.07, 6.45) is 18.6. The molecule has 6 N–H and O–H groups in total.